The van der Waals surface area contributed by atoms with E-state index >= 15 is 0 Å². The predicted octanol–water partition coefficient (Wildman–Crippen LogP) is 4.59. The average molecular weight is 369 g/mol. The summed E-state index contributed by atoms with van der Waals surface area (Å²) in [4.78, 5) is 0. The Balaban J connectivity index is 2.33. The average Bonchev–Trinajstić information content (AvgIpc) is 2.63. The first-order valence-electron chi connectivity index (χ1n) is 7.88. The molecule has 4 nitrogen and oxygen atoms in total. The second kappa shape index (κ2) is 6.45. The smallest absolute Gasteiger partial charge is 0.191 e. The molecule has 2 aliphatic carbocycles. The number of allylic oxidation sites excluding steroid dienone is 4. The van der Waals surface area contributed by atoms with Crippen molar-refractivity contribution in [2.75, 3.05) is 0 Å². The summed E-state index contributed by atoms with van der Waals surface area (Å²) in [7, 11) is 0. The summed E-state index contributed by atoms with van der Waals surface area (Å²) in [6, 6.07) is 11.4. The van der Waals surface area contributed by atoms with Crippen LogP contribution in [0.1, 0.15) is 30.7 Å². The molecule has 0 aliphatic heterocycles. The maximum Gasteiger partial charge on any atom is 0.191 e. The fraction of sp³-hybridized carbons (Fsp3) is 0.316. The van der Waals surface area contributed by atoms with E-state index in [1.807, 2.05) is 6.08 Å². The van der Waals surface area contributed by atoms with Gasteiger partial charge in [0.2, 0.25) is 0 Å². The van der Waals surface area contributed by atoms with E-state index in [1.54, 1.807) is 18.2 Å². The zero-order valence-electron chi connectivity index (χ0n) is 13.3. The zero-order valence-corrected chi connectivity index (χ0v) is 14.8. The summed E-state index contributed by atoms with van der Waals surface area (Å²) in [5, 5.41) is 30.1. The van der Waals surface area contributed by atoms with Crippen molar-refractivity contribution in [1.29, 1.82) is 15.8 Å². The standard InChI is InChI=1S/C19H14Cl2N4/c20-15-6-5-11(7-16(15)21)17-13-4-2-1-3-12(13)14(8-22)18(25)19(17,9-23)10-24/h3,5-7,13,17H,1-2,4,25H2/t13-,17-/m0/s1. The number of nitriles is 3. The third-order valence-corrected chi connectivity index (χ3v) is 5.84. The predicted molar refractivity (Wildman–Crippen MR) is 95.1 cm³/mol. The van der Waals surface area contributed by atoms with Gasteiger partial charge in [-0.15, -0.1) is 0 Å². The largest absolute Gasteiger partial charge is 0.399 e. The van der Waals surface area contributed by atoms with Gasteiger partial charge in [-0.3, -0.25) is 0 Å². The van der Waals surface area contributed by atoms with Gasteiger partial charge < -0.3 is 5.73 Å². The maximum absolute atomic E-state index is 9.90. The molecule has 2 aliphatic rings. The van der Waals surface area contributed by atoms with Crippen LogP contribution in [-0.2, 0) is 0 Å². The van der Waals surface area contributed by atoms with Crippen molar-refractivity contribution in [1.82, 2.24) is 0 Å². The summed E-state index contributed by atoms with van der Waals surface area (Å²) >= 11 is 12.2. The van der Waals surface area contributed by atoms with Gasteiger partial charge in [-0.05, 0) is 48.4 Å². The van der Waals surface area contributed by atoms with E-state index in [4.69, 9.17) is 28.9 Å². The lowest BCUT2D eigenvalue weighted by Crippen LogP contribution is -2.42. The molecule has 0 saturated carbocycles. The Hall–Kier alpha value is -2.45. The van der Waals surface area contributed by atoms with E-state index in [0.717, 1.165) is 30.4 Å². The molecule has 0 aromatic heterocycles. The van der Waals surface area contributed by atoms with Crippen LogP contribution in [-0.4, -0.2) is 0 Å². The lowest BCUT2D eigenvalue weighted by Gasteiger charge is -2.43. The molecule has 0 unspecified atom stereocenters. The molecule has 0 spiro atoms. The fourth-order valence-electron chi connectivity index (χ4n) is 3.96. The Morgan fingerprint density at radius 1 is 1.12 bits per heavy atom. The molecular formula is C19H14Cl2N4. The molecular weight excluding hydrogens is 355 g/mol. The quantitative estimate of drug-likeness (QED) is 0.783. The van der Waals surface area contributed by atoms with E-state index in [9.17, 15) is 15.8 Å². The lowest BCUT2D eigenvalue weighted by molar-refractivity contribution is 0.317. The second-order valence-corrected chi connectivity index (χ2v) is 7.09. The second-order valence-electron chi connectivity index (χ2n) is 6.28. The van der Waals surface area contributed by atoms with E-state index in [2.05, 4.69) is 18.2 Å². The van der Waals surface area contributed by atoms with Crippen molar-refractivity contribution in [3.05, 3.63) is 56.7 Å². The highest BCUT2D eigenvalue weighted by molar-refractivity contribution is 6.42. The first-order chi connectivity index (χ1) is 12.0. The molecule has 3 rings (SSSR count). The SMILES string of the molecule is N#CC1=C(N)C(C#N)(C#N)[C@@H](c2ccc(Cl)c(Cl)c2)[C@H]2CCCC=C12. The van der Waals surface area contributed by atoms with Crippen LogP contribution in [0.3, 0.4) is 0 Å². The minimum atomic E-state index is -1.61. The number of hydrogen-bond donors (Lipinski definition) is 1. The van der Waals surface area contributed by atoms with Crippen LogP contribution in [0.4, 0.5) is 0 Å². The fourth-order valence-corrected chi connectivity index (χ4v) is 4.26. The number of fused-ring (bicyclic) bond motifs is 1. The Labute approximate surface area is 156 Å². The molecule has 0 bridgehead atoms. The Morgan fingerprint density at radius 2 is 1.84 bits per heavy atom. The monoisotopic (exact) mass is 368 g/mol. The van der Waals surface area contributed by atoms with Gasteiger partial charge in [0.15, 0.2) is 5.41 Å². The number of hydrogen-bond acceptors (Lipinski definition) is 4. The zero-order chi connectivity index (χ0) is 18.2. The molecule has 1 aromatic rings. The summed E-state index contributed by atoms with van der Waals surface area (Å²) in [5.74, 6) is -0.631. The van der Waals surface area contributed by atoms with Crippen molar-refractivity contribution >= 4 is 23.2 Å². The molecule has 6 heteroatoms. The van der Waals surface area contributed by atoms with Gasteiger partial charge in [0.25, 0.3) is 0 Å². The molecule has 124 valence electrons. The molecule has 1 aromatic carbocycles. The number of nitrogens with zero attached hydrogens (tertiary/aromatic N) is 3. The minimum Gasteiger partial charge on any atom is -0.399 e. The number of halogens is 2. The van der Waals surface area contributed by atoms with Crippen molar-refractivity contribution in [3.63, 3.8) is 0 Å². The Morgan fingerprint density at radius 3 is 2.44 bits per heavy atom. The molecule has 25 heavy (non-hydrogen) atoms. The third-order valence-electron chi connectivity index (χ3n) is 5.10. The normalized spacial score (nSPS) is 24.4. The Bertz CT molecular complexity index is 910. The first-order valence-corrected chi connectivity index (χ1v) is 8.64. The van der Waals surface area contributed by atoms with Crippen molar-refractivity contribution < 1.29 is 0 Å². The molecule has 2 N–H and O–H groups in total. The van der Waals surface area contributed by atoms with Crippen LogP contribution in [0, 0.1) is 45.3 Å². The molecule has 0 heterocycles. The highest BCUT2D eigenvalue weighted by Gasteiger charge is 2.53. The highest BCUT2D eigenvalue weighted by Crippen LogP contribution is 2.56. The van der Waals surface area contributed by atoms with Crippen LogP contribution >= 0.6 is 23.2 Å². The molecule has 2 atom stereocenters. The van der Waals surface area contributed by atoms with Gasteiger partial charge >= 0.3 is 0 Å². The molecule has 0 fully saturated rings. The van der Waals surface area contributed by atoms with Crippen LogP contribution in [0.5, 0.6) is 0 Å². The highest BCUT2D eigenvalue weighted by atomic mass is 35.5. The third kappa shape index (κ3) is 2.49. The number of rotatable bonds is 1. The number of benzene rings is 1. The summed E-state index contributed by atoms with van der Waals surface area (Å²) in [6.07, 6.45) is 4.56. The summed E-state index contributed by atoms with van der Waals surface area (Å²) in [6.45, 7) is 0. The van der Waals surface area contributed by atoms with Gasteiger partial charge in [-0.25, -0.2) is 0 Å². The van der Waals surface area contributed by atoms with Crippen molar-refractivity contribution in [3.8, 4) is 18.2 Å². The lowest BCUT2D eigenvalue weighted by atomic mass is 9.57. The van der Waals surface area contributed by atoms with Crippen molar-refractivity contribution in [2.24, 2.45) is 17.1 Å². The topological polar surface area (TPSA) is 97.4 Å². The van der Waals surface area contributed by atoms with Crippen molar-refractivity contribution in [2.45, 2.75) is 25.2 Å². The van der Waals surface area contributed by atoms with E-state index in [1.165, 1.54) is 0 Å². The van der Waals surface area contributed by atoms with Gasteiger partial charge in [0.1, 0.15) is 6.07 Å². The van der Waals surface area contributed by atoms with Gasteiger partial charge in [-0.2, -0.15) is 15.8 Å². The molecule has 0 radical (unpaired) electrons. The maximum atomic E-state index is 9.90. The summed E-state index contributed by atoms with van der Waals surface area (Å²) in [5.41, 5.74) is 6.46. The minimum absolute atomic E-state index is 0.0282. The first kappa shape index (κ1) is 17.4. The van der Waals surface area contributed by atoms with Crippen LogP contribution in [0.2, 0.25) is 10.0 Å². The molecule has 0 amide bonds. The van der Waals surface area contributed by atoms with Crippen LogP contribution in [0.25, 0.3) is 0 Å². The van der Waals surface area contributed by atoms with Crippen LogP contribution < -0.4 is 5.73 Å². The van der Waals surface area contributed by atoms with Gasteiger partial charge in [0.05, 0.1) is 33.5 Å². The number of nitrogens with two attached hydrogens (primary N) is 1. The van der Waals surface area contributed by atoms with Crippen LogP contribution in [0.15, 0.2) is 41.1 Å². The van der Waals surface area contributed by atoms with E-state index < -0.39 is 11.3 Å². The van der Waals surface area contributed by atoms with Gasteiger partial charge in [0, 0.05) is 5.92 Å². The van der Waals surface area contributed by atoms with E-state index in [0.29, 0.717) is 10.0 Å². The molecule has 0 saturated heterocycles. The Kier molecular flexibility index (Phi) is 4.49. The summed E-state index contributed by atoms with van der Waals surface area (Å²) < 4.78 is 0. The van der Waals surface area contributed by atoms with E-state index in [-0.39, 0.29) is 17.2 Å². The van der Waals surface area contributed by atoms with Gasteiger partial charge in [-0.1, -0.05) is 35.3 Å².